The first kappa shape index (κ1) is 92.3. The molecule has 3 N–H and O–H groups in total. The first-order valence-corrected chi connectivity index (χ1v) is 43.6. The number of ether oxygens (including phenoxy) is 1. The van der Waals surface area contributed by atoms with Gasteiger partial charge in [0, 0.05) is 12.8 Å². The molecule has 0 rings (SSSR count). The normalized spacial score (nSPS) is 12.5. The number of unbranched alkanes of at least 4 members (excludes halogenated alkanes) is 68. The highest BCUT2D eigenvalue weighted by molar-refractivity contribution is 5.76. The molecule has 6 nitrogen and oxygen atoms in total. The Bertz CT molecular complexity index is 1480. The summed E-state index contributed by atoms with van der Waals surface area (Å²) in [6.45, 7) is 4.99. The highest BCUT2D eigenvalue weighted by Gasteiger charge is 2.20. The van der Waals surface area contributed by atoms with Crippen LogP contribution in [0.25, 0.3) is 0 Å². The fourth-order valence-electron chi connectivity index (χ4n) is 14.1. The standard InChI is InChI=1S/C88H171NO5/c1-3-5-7-9-11-13-15-17-19-21-23-24-25-35-38-41-45-48-52-56-60-64-68-72-76-80-86(91)85(84-90)89-87(92)81-77-73-69-65-61-57-53-49-46-42-39-36-33-31-29-27-26-28-30-32-34-37-40-43-47-51-55-59-63-67-71-75-79-83-94-88(93)82-78-74-70-66-62-58-54-50-44-22-20-18-16-14-12-10-8-6-4-2/h12,14,18,20,85-86,90-91H,3-11,13,15-17,19,21-84H2,1-2H3,(H,89,92)/b14-12-,20-18-. The maximum Gasteiger partial charge on any atom is 0.305 e. The van der Waals surface area contributed by atoms with Gasteiger partial charge in [-0.05, 0) is 57.8 Å². The largest absolute Gasteiger partial charge is 0.466 e. The fraction of sp³-hybridized carbons (Fsp3) is 0.932. The van der Waals surface area contributed by atoms with Gasteiger partial charge in [-0.1, -0.05) is 456 Å². The Kier molecular flexibility index (Phi) is 82.3. The van der Waals surface area contributed by atoms with Gasteiger partial charge < -0.3 is 20.3 Å². The number of nitrogens with one attached hydrogen (secondary N) is 1. The van der Waals surface area contributed by atoms with Gasteiger partial charge in [-0.15, -0.1) is 0 Å². The molecule has 0 aromatic carbocycles. The number of rotatable bonds is 83. The van der Waals surface area contributed by atoms with E-state index in [4.69, 9.17) is 4.74 Å². The summed E-state index contributed by atoms with van der Waals surface area (Å²) in [5, 5.41) is 23.5. The van der Waals surface area contributed by atoms with Crippen molar-refractivity contribution < 1.29 is 24.5 Å². The summed E-state index contributed by atoms with van der Waals surface area (Å²) in [5.74, 6) is -0.00434. The highest BCUT2D eigenvalue weighted by Crippen LogP contribution is 2.21. The molecular formula is C88H171NO5. The topological polar surface area (TPSA) is 95.9 Å². The molecule has 94 heavy (non-hydrogen) atoms. The number of hydrogen-bond donors (Lipinski definition) is 3. The van der Waals surface area contributed by atoms with Crippen LogP contribution in [0.15, 0.2) is 24.3 Å². The second kappa shape index (κ2) is 83.8. The van der Waals surface area contributed by atoms with Crippen molar-refractivity contribution in [2.75, 3.05) is 13.2 Å². The van der Waals surface area contributed by atoms with Gasteiger partial charge in [-0.3, -0.25) is 9.59 Å². The Hall–Kier alpha value is -1.66. The van der Waals surface area contributed by atoms with E-state index in [1.54, 1.807) is 0 Å². The van der Waals surface area contributed by atoms with Gasteiger partial charge in [0.15, 0.2) is 0 Å². The Balaban J connectivity index is 3.32. The second-order valence-corrected chi connectivity index (χ2v) is 30.2. The van der Waals surface area contributed by atoms with Crippen LogP contribution in [0.1, 0.15) is 502 Å². The van der Waals surface area contributed by atoms with Gasteiger partial charge >= 0.3 is 5.97 Å². The summed E-state index contributed by atoms with van der Waals surface area (Å²) in [4.78, 5) is 24.7. The SMILES string of the molecule is CCCCC/C=C\C/C=C\CCCCCCCCCCCC(=O)OCCCCCCCCCCCCCCCCCCCCCCCCCCCCCCCCCCCC(=O)NC(CO)C(O)CCCCCCCCCCCCCCCCCCCCCCCCCCC. The maximum absolute atomic E-state index is 12.6. The summed E-state index contributed by atoms with van der Waals surface area (Å²) in [6, 6.07) is -0.539. The van der Waals surface area contributed by atoms with E-state index >= 15 is 0 Å². The molecule has 0 bridgehead atoms. The molecule has 0 spiro atoms. The zero-order chi connectivity index (χ0) is 67.7. The lowest BCUT2D eigenvalue weighted by molar-refractivity contribution is -0.143. The summed E-state index contributed by atoms with van der Waals surface area (Å²) in [5.41, 5.74) is 0. The summed E-state index contributed by atoms with van der Waals surface area (Å²) >= 11 is 0. The van der Waals surface area contributed by atoms with Gasteiger partial charge in [0.05, 0.1) is 25.4 Å². The van der Waals surface area contributed by atoms with E-state index in [1.807, 2.05) is 0 Å². The van der Waals surface area contributed by atoms with Crippen LogP contribution < -0.4 is 5.32 Å². The van der Waals surface area contributed by atoms with Crippen LogP contribution in [0, 0.1) is 0 Å². The fourth-order valence-corrected chi connectivity index (χ4v) is 14.1. The minimum Gasteiger partial charge on any atom is -0.466 e. The Morgan fingerprint density at radius 1 is 0.298 bits per heavy atom. The molecule has 0 saturated heterocycles. The number of amides is 1. The Labute approximate surface area is 590 Å². The molecule has 558 valence electrons. The lowest BCUT2D eigenvalue weighted by atomic mass is 10.0. The van der Waals surface area contributed by atoms with E-state index in [0.29, 0.717) is 25.9 Å². The van der Waals surface area contributed by atoms with Crippen LogP contribution in [0.5, 0.6) is 0 Å². The van der Waals surface area contributed by atoms with Crippen molar-refractivity contribution in [2.45, 2.75) is 514 Å². The van der Waals surface area contributed by atoms with Crippen molar-refractivity contribution in [3.8, 4) is 0 Å². The van der Waals surface area contributed by atoms with E-state index in [1.165, 1.54) is 424 Å². The molecule has 0 saturated carbocycles. The predicted octanol–water partition coefficient (Wildman–Crippen LogP) is 29.2. The van der Waals surface area contributed by atoms with Crippen LogP contribution in [-0.4, -0.2) is 47.4 Å². The van der Waals surface area contributed by atoms with Crippen molar-refractivity contribution >= 4 is 11.9 Å². The summed E-state index contributed by atoms with van der Waals surface area (Å²) < 4.78 is 5.52. The van der Waals surface area contributed by atoms with Crippen LogP contribution >= 0.6 is 0 Å². The summed E-state index contributed by atoms with van der Waals surface area (Å²) in [7, 11) is 0. The van der Waals surface area contributed by atoms with E-state index in [9.17, 15) is 19.8 Å². The van der Waals surface area contributed by atoms with Crippen LogP contribution in [0.3, 0.4) is 0 Å². The van der Waals surface area contributed by atoms with Crippen LogP contribution in [-0.2, 0) is 14.3 Å². The summed E-state index contributed by atoms with van der Waals surface area (Å²) in [6.07, 6.45) is 109. The number of esters is 1. The maximum atomic E-state index is 12.6. The molecule has 0 heterocycles. The monoisotopic (exact) mass is 1320 g/mol. The Morgan fingerprint density at radius 2 is 0.532 bits per heavy atom. The van der Waals surface area contributed by atoms with Gasteiger partial charge in [-0.25, -0.2) is 0 Å². The molecule has 6 heteroatoms. The number of aliphatic hydroxyl groups excluding tert-OH is 2. The van der Waals surface area contributed by atoms with E-state index in [0.717, 1.165) is 44.9 Å². The first-order valence-electron chi connectivity index (χ1n) is 43.6. The molecule has 0 aliphatic carbocycles. The molecule has 0 fully saturated rings. The Morgan fingerprint density at radius 3 is 0.830 bits per heavy atom. The average Bonchev–Trinajstić information content (AvgIpc) is 3.70. The van der Waals surface area contributed by atoms with Gasteiger partial charge in [0.25, 0.3) is 0 Å². The van der Waals surface area contributed by atoms with E-state index in [2.05, 4.69) is 43.5 Å². The molecule has 0 radical (unpaired) electrons. The molecule has 1 amide bonds. The lowest BCUT2D eigenvalue weighted by Crippen LogP contribution is -2.45. The number of carbonyl (C=O) groups is 2. The smallest absolute Gasteiger partial charge is 0.305 e. The van der Waals surface area contributed by atoms with Crippen molar-refractivity contribution in [1.82, 2.24) is 5.32 Å². The molecular weight excluding hydrogens is 1150 g/mol. The van der Waals surface area contributed by atoms with Gasteiger partial charge in [0.2, 0.25) is 5.91 Å². The zero-order valence-corrected chi connectivity index (χ0v) is 64.2. The highest BCUT2D eigenvalue weighted by atomic mass is 16.5. The quantitative estimate of drug-likeness (QED) is 0.0320. The lowest BCUT2D eigenvalue weighted by Gasteiger charge is -2.22. The average molecular weight is 1320 g/mol. The van der Waals surface area contributed by atoms with Gasteiger partial charge in [0.1, 0.15) is 0 Å². The molecule has 0 aromatic rings. The third kappa shape index (κ3) is 79.3. The third-order valence-electron chi connectivity index (χ3n) is 20.8. The molecule has 2 unspecified atom stereocenters. The van der Waals surface area contributed by atoms with Crippen molar-refractivity contribution in [3.63, 3.8) is 0 Å². The third-order valence-corrected chi connectivity index (χ3v) is 20.8. The van der Waals surface area contributed by atoms with Crippen molar-refractivity contribution in [2.24, 2.45) is 0 Å². The van der Waals surface area contributed by atoms with Crippen molar-refractivity contribution in [1.29, 1.82) is 0 Å². The molecule has 0 aliphatic rings. The molecule has 0 aliphatic heterocycles. The van der Waals surface area contributed by atoms with E-state index < -0.39 is 12.1 Å². The second-order valence-electron chi connectivity index (χ2n) is 30.2. The number of carbonyl (C=O) groups excluding carboxylic acids is 2. The minimum atomic E-state index is -0.663. The number of allylic oxidation sites excluding steroid dienone is 4. The minimum absolute atomic E-state index is 0.0192. The predicted molar refractivity (Wildman–Crippen MR) is 417 cm³/mol. The van der Waals surface area contributed by atoms with E-state index in [-0.39, 0.29) is 18.5 Å². The van der Waals surface area contributed by atoms with Gasteiger partial charge in [-0.2, -0.15) is 0 Å². The van der Waals surface area contributed by atoms with Crippen LogP contribution in [0.2, 0.25) is 0 Å². The molecule has 2 atom stereocenters. The number of aliphatic hydroxyl groups is 2. The zero-order valence-electron chi connectivity index (χ0n) is 64.2. The molecule has 0 aromatic heterocycles. The van der Waals surface area contributed by atoms with Crippen LogP contribution in [0.4, 0.5) is 0 Å². The number of hydrogen-bond acceptors (Lipinski definition) is 5. The van der Waals surface area contributed by atoms with Crippen molar-refractivity contribution in [3.05, 3.63) is 24.3 Å². The first-order chi connectivity index (χ1) is 46.5.